The number of ether oxygens (including phenoxy) is 1. The fourth-order valence-electron chi connectivity index (χ4n) is 1.77. The van der Waals surface area contributed by atoms with Crippen molar-refractivity contribution in [2.75, 3.05) is 0 Å². The Kier molecular flexibility index (Phi) is 4.11. The number of carbonyl (C=O) groups is 1. The Hall–Kier alpha value is -2.51. The second kappa shape index (κ2) is 5.70. The van der Waals surface area contributed by atoms with Crippen LogP contribution in [0.3, 0.4) is 0 Å². The third-order valence-electron chi connectivity index (χ3n) is 2.68. The zero-order chi connectivity index (χ0) is 16.5. The lowest BCUT2D eigenvalue weighted by Crippen LogP contribution is -2.18. The molecule has 0 atom stereocenters. The molecule has 0 N–H and O–H groups in total. The topological polar surface area (TPSA) is 26.3 Å². The first-order valence-corrected chi connectivity index (χ1v) is 5.71. The highest BCUT2D eigenvalue weighted by Crippen LogP contribution is 2.31. The highest BCUT2D eigenvalue weighted by atomic mass is 19.4. The van der Waals surface area contributed by atoms with Crippen LogP contribution in [-0.4, -0.2) is 12.6 Å². The Morgan fingerprint density at radius 2 is 1.55 bits per heavy atom. The summed E-state index contributed by atoms with van der Waals surface area (Å²) in [6, 6.07) is 3.49. The lowest BCUT2D eigenvalue weighted by molar-refractivity contribution is -0.274. The number of rotatable bonds is 3. The van der Waals surface area contributed by atoms with E-state index in [1.54, 1.807) is 0 Å². The predicted octanol–water partition coefficient (Wildman–Crippen LogP) is 4.48. The van der Waals surface area contributed by atoms with Crippen molar-refractivity contribution in [3.63, 3.8) is 0 Å². The molecule has 0 aliphatic heterocycles. The average molecular weight is 320 g/mol. The van der Waals surface area contributed by atoms with Crippen LogP contribution in [0.15, 0.2) is 30.3 Å². The van der Waals surface area contributed by atoms with E-state index in [0.29, 0.717) is 12.1 Å². The molecule has 2 aromatic carbocycles. The number of benzene rings is 2. The van der Waals surface area contributed by atoms with E-state index in [2.05, 4.69) is 4.74 Å². The van der Waals surface area contributed by atoms with Gasteiger partial charge in [0.25, 0.3) is 0 Å². The maximum atomic E-state index is 13.6. The minimum atomic E-state index is -5.01. The van der Waals surface area contributed by atoms with E-state index in [1.807, 2.05) is 0 Å². The maximum absolute atomic E-state index is 13.6. The van der Waals surface area contributed by atoms with Crippen molar-refractivity contribution in [2.45, 2.75) is 6.36 Å². The van der Waals surface area contributed by atoms with E-state index in [0.717, 1.165) is 18.2 Å². The predicted molar refractivity (Wildman–Crippen MR) is 63.8 cm³/mol. The molecule has 2 aromatic rings. The zero-order valence-electron chi connectivity index (χ0n) is 10.5. The summed E-state index contributed by atoms with van der Waals surface area (Å²) in [6.45, 7) is 0. The number of hydrogen-bond donors (Lipinski definition) is 0. The number of alkyl halides is 3. The second-order valence-electron chi connectivity index (χ2n) is 4.16. The van der Waals surface area contributed by atoms with E-state index in [-0.39, 0.29) is 11.8 Å². The largest absolute Gasteiger partial charge is 0.573 e. The first-order chi connectivity index (χ1) is 10.2. The molecule has 22 heavy (non-hydrogen) atoms. The van der Waals surface area contributed by atoms with Crippen LogP contribution < -0.4 is 4.74 Å². The second-order valence-corrected chi connectivity index (χ2v) is 4.16. The molecule has 0 radical (unpaired) electrons. The minimum absolute atomic E-state index is 0.0718. The summed E-state index contributed by atoms with van der Waals surface area (Å²) < 4.78 is 79.7. The van der Waals surface area contributed by atoms with Gasteiger partial charge < -0.3 is 4.74 Å². The Bertz CT molecular complexity index is 724. The summed E-state index contributed by atoms with van der Waals surface area (Å²) in [6.07, 6.45) is -4.94. The highest BCUT2D eigenvalue weighted by molar-refractivity contribution is 5.83. The van der Waals surface area contributed by atoms with Gasteiger partial charge in [-0.1, -0.05) is 6.07 Å². The van der Waals surface area contributed by atoms with Gasteiger partial charge in [0.05, 0.1) is 5.56 Å². The molecule has 0 saturated heterocycles. The molecule has 0 bridgehead atoms. The molecule has 0 spiro atoms. The molecular formula is C14H6F6O2. The van der Waals surface area contributed by atoms with Gasteiger partial charge in [-0.15, -0.1) is 13.2 Å². The van der Waals surface area contributed by atoms with Crippen molar-refractivity contribution < 1.29 is 35.9 Å². The summed E-state index contributed by atoms with van der Waals surface area (Å²) in [5, 5.41) is 0. The van der Waals surface area contributed by atoms with Gasteiger partial charge in [0, 0.05) is 11.6 Å². The van der Waals surface area contributed by atoms with Gasteiger partial charge in [-0.2, -0.15) is 0 Å². The van der Waals surface area contributed by atoms with Crippen molar-refractivity contribution in [2.24, 2.45) is 0 Å². The number of hydrogen-bond acceptors (Lipinski definition) is 2. The van der Waals surface area contributed by atoms with Gasteiger partial charge in [-0.3, -0.25) is 4.79 Å². The molecule has 116 valence electrons. The summed E-state index contributed by atoms with van der Waals surface area (Å²) in [5.41, 5.74) is -1.02. The molecule has 0 aliphatic rings. The van der Waals surface area contributed by atoms with Gasteiger partial charge in [-0.05, 0) is 23.8 Å². The lowest BCUT2D eigenvalue weighted by Gasteiger charge is -2.12. The molecule has 0 heterocycles. The van der Waals surface area contributed by atoms with Gasteiger partial charge in [0.1, 0.15) is 11.6 Å². The fraction of sp³-hybridized carbons (Fsp3) is 0.0714. The molecule has 0 aromatic heterocycles. The van der Waals surface area contributed by atoms with Crippen LogP contribution in [0, 0.1) is 17.5 Å². The number of aldehydes is 1. The molecule has 2 rings (SSSR count). The van der Waals surface area contributed by atoms with E-state index >= 15 is 0 Å². The van der Waals surface area contributed by atoms with Crippen molar-refractivity contribution in [3.8, 4) is 16.9 Å². The van der Waals surface area contributed by atoms with E-state index in [4.69, 9.17) is 0 Å². The van der Waals surface area contributed by atoms with Gasteiger partial charge in [0.2, 0.25) is 0 Å². The molecular weight excluding hydrogens is 314 g/mol. The van der Waals surface area contributed by atoms with Gasteiger partial charge >= 0.3 is 6.36 Å². The maximum Gasteiger partial charge on any atom is 0.573 e. The third-order valence-corrected chi connectivity index (χ3v) is 2.68. The number of halogens is 6. The van der Waals surface area contributed by atoms with Crippen LogP contribution in [0.1, 0.15) is 10.4 Å². The van der Waals surface area contributed by atoms with Crippen LogP contribution >= 0.6 is 0 Å². The summed E-state index contributed by atoms with van der Waals surface area (Å²) in [7, 11) is 0. The fourth-order valence-corrected chi connectivity index (χ4v) is 1.77. The molecule has 0 unspecified atom stereocenters. The van der Waals surface area contributed by atoms with Crippen molar-refractivity contribution in [1.82, 2.24) is 0 Å². The molecule has 0 saturated carbocycles. The minimum Gasteiger partial charge on any atom is -0.405 e. The van der Waals surface area contributed by atoms with Crippen molar-refractivity contribution in [3.05, 3.63) is 53.3 Å². The summed E-state index contributed by atoms with van der Waals surface area (Å²) in [5.74, 6) is -4.65. The monoisotopic (exact) mass is 320 g/mol. The lowest BCUT2D eigenvalue weighted by atomic mass is 10.0. The quantitative estimate of drug-likeness (QED) is 0.473. The van der Waals surface area contributed by atoms with Crippen LogP contribution in [-0.2, 0) is 0 Å². The average Bonchev–Trinajstić information content (AvgIpc) is 2.42. The standard InChI is InChI=1S/C14H6F6O2/c15-10-5-12(17)11(16)4-9(10)7-1-2-13(8(3-7)6-21)22-14(18,19)20/h1-6H. The Balaban J connectivity index is 2.50. The van der Waals surface area contributed by atoms with Gasteiger partial charge in [0.15, 0.2) is 17.9 Å². The summed E-state index contributed by atoms with van der Waals surface area (Å²) in [4.78, 5) is 10.8. The van der Waals surface area contributed by atoms with Crippen molar-refractivity contribution in [1.29, 1.82) is 0 Å². The van der Waals surface area contributed by atoms with Crippen LogP contribution in [0.4, 0.5) is 26.3 Å². The smallest absolute Gasteiger partial charge is 0.405 e. The molecule has 0 aliphatic carbocycles. The molecule has 8 heteroatoms. The third kappa shape index (κ3) is 3.38. The SMILES string of the molecule is O=Cc1cc(-c2cc(F)c(F)cc2F)ccc1OC(F)(F)F. The zero-order valence-corrected chi connectivity index (χ0v) is 10.5. The Morgan fingerprint density at radius 1 is 0.909 bits per heavy atom. The van der Waals surface area contributed by atoms with Crippen LogP contribution in [0.5, 0.6) is 5.75 Å². The van der Waals surface area contributed by atoms with Crippen LogP contribution in [0.25, 0.3) is 11.1 Å². The Labute approximate surface area is 119 Å². The first kappa shape index (κ1) is 15.9. The van der Waals surface area contributed by atoms with E-state index < -0.39 is 40.7 Å². The molecule has 0 amide bonds. The molecule has 0 fully saturated rings. The summed E-state index contributed by atoms with van der Waals surface area (Å²) >= 11 is 0. The first-order valence-electron chi connectivity index (χ1n) is 5.71. The normalized spacial score (nSPS) is 11.4. The molecule has 2 nitrogen and oxygen atoms in total. The van der Waals surface area contributed by atoms with E-state index in [9.17, 15) is 31.1 Å². The van der Waals surface area contributed by atoms with Gasteiger partial charge in [-0.25, -0.2) is 13.2 Å². The highest BCUT2D eigenvalue weighted by Gasteiger charge is 2.32. The van der Waals surface area contributed by atoms with Crippen molar-refractivity contribution >= 4 is 6.29 Å². The van der Waals surface area contributed by atoms with Crippen LogP contribution in [0.2, 0.25) is 0 Å². The number of carbonyl (C=O) groups excluding carboxylic acids is 1. The van der Waals surface area contributed by atoms with E-state index in [1.165, 1.54) is 0 Å². The Morgan fingerprint density at radius 3 is 2.14 bits per heavy atom.